The second-order valence-corrected chi connectivity index (χ2v) is 2.93. The van der Waals surface area contributed by atoms with Gasteiger partial charge in [0, 0.05) is 5.56 Å². The predicted octanol–water partition coefficient (Wildman–Crippen LogP) is 2.01. The third-order valence-electron chi connectivity index (χ3n) is 1.76. The highest BCUT2D eigenvalue weighted by atomic mass is 19.4. The molecular weight excluding hydrogens is 245 g/mol. The number of aldehydes is 1. The molecule has 0 atom stereocenters. The number of nitrogens with zero attached hydrogens (tertiary/aromatic N) is 2. The van der Waals surface area contributed by atoms with Crippen LogP contribution in [0.1, 0.15) is 15.9 Å². The van der Waals surface area contributed by atoms with Crippen LogP contribution in [0.2, 0.25) is 0 Å². The SMILES string of the molecule is Cc1cnc([N+](=O)[O-])c(OC(F)(F)F)c1C=O. The Morgan fingerprint density at radius 3 is 2.53 bits per heavy atom. The van der Waals surface area contributed by atoms with Gasteiger partial charge in [-0.1, -0.05) is 0 Å². The zero-order valence-corrected chi connectivity index (χ0v) is 8.32. The molecule has 0 fully saturated rings. The second-order valence-electron chi connectivity index (χ2n) is 2.93. The van der Waals surface area contributed by atoms with Crippen molar-refractivity contribution in [2.45, 2.75) is 13.3 Å². The second kappa shape index (κ2) is 4.36. The van der Waals surface area contributed by atoms with Gasteiger partial charge in [-0.15, -0.1) is 13.2 Å². The molecule has 0 aliphatic heterocycles. The van der Waals surface area contributed by atoms with E-state index in [9.17, 15) is 28.1 Å². The lowest BCUT2D eigenvalue weighted by Crippen LogP contribution is -2.19. The fraction of sp³-hybridized carbons (Fsp3) is 0.250. The predicted molar refractivity (Wildman–Crippen MR) is 47.7 cm³/mol. The molecule has 0 radical (unpaired) electrons. The van der Waals surface area contributed by atoms with Crippen LogP contribution >= 0.6 is 0 Å². The van der Waals surface area contributed by atoms with Crippen molar-refractivity contribution >= 4 is 12.1 Å². The van der Waals surface area contributed by atoms with Gasteiger partial charge in [-0.3, -0.25) is 4.79 Å². The molecule has 17 heavy (non-hydrogen) atoms. The van der Waals surface area contributed by atoms with Crippen molar-refractivity contribution in [3.63, 3.8) is 0 Å². The van der Waals surface area contributed by atoms with Crippen molar-refractivity contribution in [3.05, 3.63) is 27.4 Å². The first-order valence-corrected chi connectivity index (χ1v) is 4.11. The topological polar surface area (TPSA) is 82.3 Å². The number of hydrogen-bond acceptors (Lipinski definition) is 5. The first-order valence-electron chi connectivity index (χ1n) is 4.11. The van der Waals surface area contributed by atoms with E-state index in [-0.39, 0.29) is 11.8 Å². The number of alkyl halides is 3. The minimum atomic E-state index is -5.14. The molecule has 9 heteroatoms. The Balaban J connectivity index is 3.44. The van der Waals surface area contributed by atoms with Gasteiger partial charge in [0.1, 0.15) is 6.20 Å². The molecule has 0 aliphatic carbocycles. The molecule has 1 aromatic rings. The molecule has 1 heterocycles. The number of ether oxygens (including phenoxy) is 1. The molecule has 0 saturated heterocycles. The summed E-state index contributed by atoms with van der Waals surface area (Å²) in [5, 5.41) is 10.5. The lowest BCUT2D eigenvalue weighted by atomic mass is 10.1. The third-order valence-corrected chi connectivity index (χ3v) is 1.76. The number of hydrogen-bond donors (Lipinski definition) is 0. The van der Waals surface area contributed by atoms with Crippen LogP contribution in [0.25, 0.3) is 0 Å². The Labute approximate surface area is 92.2 Å². The van der Waals surface area contributed by atoms with E-state index >= 15 is 0 Å². The van der Waals surface area contributed by atoms with Crippen LogP contribution in [0.15, 0.2) is 6.20 Å². The van der Waals surface area contributed by atoms with Gasteiger partial charge in [0.15, 0.2) is 6.29 Å². The quantitative estimate of drug-likeness (QED) is 0.465. The molecule has 0 unspecified atom stereocenters. The van der Waals surface area contributed by atoms with E-state index in [0.29, 0.717) is 0 Å². The fourth-order valence-electron chi connectivity index (χ4n) is 1.08. The first kappa shape index (κ1) is 12.9. The van der Waals surface area contributed by atoms with E-state index in [1.807, 2.05) is 0 Å². The van der Waals surface area contributed by atoms with Crippen LogP contribution in [-0.4, -0.2) is 22.6 Å². The standard InChI is InChI=1S/C8H5F3N2O4/c1-4-2-12-7(13(15)16)6(5(4)3-14)17-8(9,10)11/h2-3H,1H3. The Bertz CT molecular complexity index is 473. The highest BCUT2D eigenvalue weighted by Crippen LogP contribution is 2.34. The molecule has 92 valence electrons. The summed E-state index contributed by atoms with van der Waals surface area (Å²) in [6, 6.07) is 0. The number of carbonyl (C=O) groups excluding carboxylic acids is 1. The summed E-state index contributed by atoms with van der Waals surface area (Å²) in [6.45, 7) is 1.28. The van der Waals surface area contributed by atoms with Gasteiger partial charge in [-0.2, -0.15) is 0 Å². The first-order chi connectivity index (χ1) is 7.76. The monoisotopic (exact) mass is 250 g/mol. The van der Waals surface area contributed by atoms with Gasteiger partial charge in [0.05, 0.1) is 5.56 Å². The Kier molecular flexibility index (Phi) is 3.30. The zero-order valence-electron chi connectivity index (χ0n) is 8.32. The normalized spacial score (nSPS) is 11.1. The van der Waals surface area contributed by atoms with Crippen LogP contribution < -0.4 is 4.74 Å². The number of halogens is 3. The molecule has 1 aromatic heterocycles. The summed E-state index contributed by atoms with van der Waals surface area (Å²) in [4.78, 5) is 23.1. The van der Waals surface area contributed by atoms with E-state index in [2.05, 4.69) is 9.72 Å². The van der Waals surface area contributed by atoms with E-state index in [0.717, 1.165) is 6.20 Å². The summed E-state index contributed by atoms with van der Waals surface area (Å²) in [7, 11) is 0. The summed E-state index contributed by atoms with van der Waals surface area (Å²) in [5.74, 6) is -2.35. The van der Waals surface area contributed by atoms with Crippen molar-refractivity contribution in [1.29, 1.82) is 0 Å². The van der Waals surface area contributed by atoms with Crippen molar-refractivity contribution in [2.24, 2.45) is 0 Å². The van der Waals surface area contributed by atoms with Crippen molar-refractivity contribution in [3.8, 4) is 5.75 Å². The molecule has 0 aromatic carbocycles. The maximum Gasteiger partial charge on any atom is 0.573 e. The van der Waals surface area contributed by atoms with Gasteiger partial charge < -0.3 is 14.9 Å². The Morgan fingerprint density at radius 2 is 2.12 bits per heavy atom. The molecule has 0 N–H and O–H groups in total. The van der Waals surface area contributed by atoms with Gasteiger partial charge in [0.25, 0.3) is 0 Å². The van der Waals surface area contributed by atoms with Crippen LogP contribution in [-0.2, 0) is 0 Å². The molecule has 1 rings (SSSR count). The van der Waals surface area contributed by atoms with E-state index in [4.69, 9.17) is 0 Å². The van der Waals surface area contributed by atoms with Crippen molar-refractivity contribution in [1.82, 2.24) is 4.98 Å². The molecule has 0 aliphatic rings. The fourth-order valence-corrected chi connectivity index (χ4v) is 1.08. The van der Waals surface area contributed by atoms with E-state index in [1.165, 1.54) is 6.92 Å². The number of rotatable bonds is 3. The number of aromatic nitrogens is 1. The summed E-state index contributed by atoms with van der Waals surface area (Å²) < 4.78 is 39.6. The maximum absolute atomic E-state index is 12.0. The average Bonchev–Trinajstić information content (AvgIpc) is 2.15. The lowest BCUT2D eigenvalue weighted by molar-refractivity contribution is -0.393. The van der Waals surface area contributed by atoms with Gasteiger partial charge >= 0.3 is 12.2 Å². The Morgan fingerprint density at radius 1 is 1.53 bits per heavy atom. The minimum absolute atomic E-state index is 0.0462. The number of aryl methyl sites for hydroxylation is 1. The zero-order chi connectivity index (χ0) is 13.2. The highest BCUT2D eigenvalue weighted by molar-refractivity contribution is 5.83. The maximum atomic E-state index is 12.0. The largest absolute Gasteiger partial charge is 0.573 e. The van der Waals surface area contributed by atoms with Crippen molar-refractivity contribution < 1.29 is 27.6 Å². The number of carbonyl (C=O) groups is 1. The molecule has 0 saturated carbocycles. The van der Waals surface area contributed by atoms with Crippen LogP contribution in [0.3, 0.4) is 0 Å². The van der Waals surface area contributed by atoms with Crippen LogP contribution in [0.5, 0.6) is 5.75 Å². The minimum Gasteiger partial charge on any atom is -0.396 e. The van der Waals surface area contributed by atoms with Gasteiger partial charge in [-0.25, -0.2) is 0 Å². The number of nitro groups is 1. The average molecular weight is 250 g/mol. The summed E-state index contributed by atoms with van der Waals surface area (Å²) in [6.07, 6.45) is -4.17. The molecular formula is C8H5F3N2O4. The Hall–Kier alpha value is -2.19. The smallest absolute Gasteiger partial charge is 0.396 e. The molecule has 6 nitrogen and oxygen atoms in total. The van der Waals surface area contributed by atoms with E-state index < -0.39 is 28.4 Å². The lowest BCUT2D eigenvalue weighted by Gasteiger charge is -2.11. The van der Waals surface area contributed by atoms with E-state index in [1.54, 1.807) is 0 Å². The summed E-state index contributed by atoms with van der Waals surface area (Å²) in [5.41, 5.74) is -0.506. The summed E-state index contributed by atoms with van der Waals surface area (Å²) >= 11 is 0. The van der Waals surface area contributed by atoms with Crippen LogP contribution in [0.4, 0.5) is 19.0 Å². The molecule has 0 bridgehead atoms. The van der Waals surface area contributed by atoms with Crippen molar-refractivity contribution in [2.75, 3.05) is 0 Å². The molecule has 0 amide bonds. The highest BCUT2D eigenvalue weighted by Gasteiger charge is 2.37. The van der Waals surface area contributed by atoms with Crippen LogP contribution in [0, 0.1) is 17.0 Å². The number of pyridine rings is 1. The van der Waals surface area contributed by atoms with Gasteiger partial charge in [0.2, 0.25) is 5.75 Å². The molecule has 0 spiro atoms. The third kappa shape index (κ3) is 2.89. The van der Waals surface area contributed by atoms with Gasteiger partial charge in [-0.05, 0) is 16.8 Å².